The second-order valence-corrected chi connectivity index (χ2v) is 4.94. The van der Waals surface area contributed by atoms with Crippen molar-refractivity contribution in [2.24, 2.45) is 0 Å². The SMILES string of the molecule is CCOCCCNC(=O)/C(C#N)=C\Nc1cccc(Cl)c1C. The molecule has 0 heterocycles. The second-order valence-electron chi connectivity index (χ2n) is 4.53. The molecule has 2 N–H and O–H groups in total. The number of carbonyl (C=O) groups excluding carboxylic acids is 1. The predicted octanol–water partition coefficient (Wildman–Crippen LogP) is 3.01. The van der Waals surface area contributed by atoms with Crippen LogP contribution in [0, 0.1) is 18.3 Å². The molecule has 0 unspecified atom stereocenters. The van der Waals surface area contributed by atoms with Gasteiger partial charge in [-0.2, -0.15) is 5.26 Å². The van der Waals surface area contributed by atoms with Crippen LogP contribution in [0.3, 0.4) is 0 Å². The molecule has 6 heteroatoms. The second kappa shape index (κ2) is 9.82. The van der Waals surface area contributed by atoms with Crippen LogP contribution in [0.2, 0.25) is 5.02 Å². The van der Waals surface area contributed by atoms with Crippen LogP contribution < -0.4 is 10.6 Å². The van der Waals surface area contributed by atoms with E-state index >= 15 is 0 Å². The Hall–Kier alpha value is -2.03. The average molecular weight is 322 g/mol. The van der Waals surface area contributed by atoms with Gasteiger partial charge in [-0.3, -0.25) is 4.79 Å². The lowest BCUT2D eigenvalue weighted by atomic mass is 10.2. The van der Waals surface area contributed by atoms with Crippen LogP contribution in [-0.2, 0) is 9.53 Å². The zero-order valence-corrected chi connectivity index (χ0v) is 13.5. The summed E-state index contributed by atoms with van der Waals surface area (Å²) in [5.41, 5.74) is 1.62. The van der Waals surface area contributed by atoms with Gasteiger partial charge in [0.25, 0.3) is 5.91 Å². The molecule has 0 radical (unpaired) electrons. The van der Waals surface area contributed by atoms with Gasteiger partial charge >= 0.3 is 0 Å². The molecule has 1 aromatic carbocycles. The van der Waals surface area contributed by atoms with E-state index in [4.69, 9.17) is 21.6 Å². The van der Waals surface area contributed by atoms with Crippen molar-refractivity contribution in [3.63, 3.8) is 0 Å². The number of hydrogen-bond donors (Lipinski definition) is 2. The Labute approximate surface area is 135 Å². The third-order valence-electron chi connectivity index (χ3n) is 2.96. The van der Waals surface area contributed by atoms with Gasteiger partial charge in [0, 0.05) is 36.7 Å². The predicted molar refractivity (Wildman–Crippen MR) is 87.6 cm³/mol. The number of nitrogens with one attached hydrogen (secondary N) is 2. The van der Waals surface area contributed by atoms with E-state index < -0.39 is 5.91 Å². The van der Waals surface area contributed by atoms with E-state index in [0.717, 1.165) is 11.3 Å². The van der Waals surface area contributed by atoms with Crippen molar-refractivity contribution in [2.45, 2.75) is 20.3 Å². The molecular weight excluding hydrogens is 302 g/mol. The molecule has 0 saturated heterocycles. The Morgan fingerprint density at radius 1 is 1.50 bits per heavy atom. The number of hydrogen-bond acceptors (Lipinski definition) is 4. The van der Waals surface area contributed by atoms with Gasteiger partial charge in [-0.1, -0.05) is 17.7 Å². The van der Waals surface area contributed by atoms with E-state index in [1.807, 2.05) is 26.0 Å². The zero-order chi connectivity index (χ0) is 16.4. The number of ether oxygens (including phenoxy) is 1. The van der Waals surface area contributed by atoms with Crippen molar-refractivity contribution in [1.29, 1.82) is 5.26 Å². The molecule has 1 rings (SSSR count). The topological polar surface area (TPSA) is 74.1 Å². The van der Waals surface area contributed by atoms with Crippen LogP contribution >= 0.6 is 11.6 Å². The minimum atomic E-state index is -0.411. The van der Waals surface area contributed by atoms with Crippen LogP contribution in [0.1, 0.15) is 18.9 Å². The molecular formula is C16H20ClN3O2. The number of anilines is 1. The third-order valence-corrected chi connectivity index (χ3v) is 3.37. The molecule has 1 amide bonds. The highest BCUT2D eigenvalue weighted by atomic mass is 35.5. The molecule has 0 saturated carbocycles. The molecule has 0 aliphatic rings. The van der Waals surface area contributed by atoms with Gasteiger partial charge in [-0.15, -0.1) is 0 Å². The Kier molecular flexibility index (Phi) is 8.05. The smallest absolute Gasteiger partial charge is 0.263 e. The monoisotopic (exact) mass is 321 g/mol. The lowest BCUT2D eigenvalue weighted by molar-refractivity contribution is -0.117. The van der Waals surface area contributed by atoms with Crippen LogP contribution in [0.5, 0.6) is 0 Å². The number of nitrogens with zero attached hydrogens (tertiary/aromatic N) is 1. The van der Waals surface area contributed by atoms with Crippen LogP contribution in [0.4, 0.5) is 5.69 Å². The van der Waals surface area contributed by atoms with Gasteiger partial charge in [0.2, 0.25) is 0 Å². The highest BCUT2D eigenvalue weighted by Crippen LogP contribution is 2.22. The van der Waals surface area contributed by atoms with Gasteiger partial charge < -0.3 is 15.4 Å². The van der Waals surface area contributed by atoms with Crippen LogP contribution in [0.25, 0.3) is 0 Å². The minimum absolute atomic E-state index is 0.00999. The van der Waals surface area contributed by atoms with Crippen LogP contribution in [-0.4, -0.2) is 25.7 Å². The standard InChI is InChI=1S/C16H20ClN3O2/c1-3-22-9-5-8-19-16(21)13(10-18)11-20-15-7-4-6-14(17)12(15)2/h4,6-7,11,20H,3,5,8-9H2,1-2H3,(H,19,21)/b13-11-. The maximum Gasteiger partial charge on any atom is 0.263 e. The zero-order valence-electron chi connectivity index (χ0n) is 12.8. The van der Waals surface area contributed by atoms with Crippen molar-refractivity contribution in [1.82, 2.24) is 5.32 Å². The van der Waals surface area contributed by atoms with Gasteiger partial charge in [0.1, 0.15) is 11.6 Å². The molecule has 22 heavy (non-hydrogen) atoms. The van der Waals surface area contributed by atoms with E-state index in [0.29, 0.717) is 31.2 Å². The summed E-state index contributed by atoms with van der Waals surface area (Å²) < 4.78 is 5.18. The molecule has 0 spiro atoms. The number of halogens is 1. The van der Waals surface area contributed by atoms with Crippen molar-refractivity contribution < 1.29 is 9.53 Å². The minimum Gasteiger partial charge on any atom is -0.382 e. The Morgan fingerprint density at radius 2 is 2.27 bits per heavy atom. The molecule has 0 bridgehead atoms. The van der Waals surface area contributed by atoms with E-state index in [1.54, 1.807) is 12.1 Å². The summed E-state index contributed by atoms with van der Waals surface area (Å²) in [5.74, 6) is -0.411. The lowest BCUT2D eigenvalue weighted by Crippen LogP contribution is -2.26. The van der Waals surface area contributed by atoms with Crippen molar-refractivity contribution in [2.75, 3.05) is 25.1 Å². The van der Waals surface area contributed by atoms with Gasteiger partial charge in [0.15, 0.2) is 0 Å². The highest BCUT2D eigenvalue weighted by Gasteiger charge is 2.08. The Bertz CT molecular complexity index is 579. The first kappa shape index (κ1) is 18.0. The molecule has 118 valence electrons. The Balaban J connectivity index is 2.57. The fourth-order valence-corrected chi connectivity index (χ4v) is 1.85. The largest absolute Gasteiger partial charge is 0.382 e. The molecule has 0 aromatic heterocycles. The fourth-order valence-electron chi connectivity index (χ4n) is 1.68. The summed E-state index contributed by atoms with van der Waals surface area (Å²) in [6, 6.07) is 7.28. The Morgan fingerprint density at radius 3 is 2.95 bits per heavy atom. The average Bonchev–Trinajstić information content (AvgIpc) is 2.51. The maximum absolute atomic E-state index is 11.9. The quantitative estimate of drug-likeness (QED) is 0.438. The molecule has 0 aliphatic carbocycles. The number of nitriles is 1. The number of rotatable bonds is 8. The van der Waals surface area contributed by atoms with Gasteiger partial charge in [-0.05, 0) is 38.0 Å². The van der Waals surface area contributed by atoms with E-state index in [1.165, 1.54) is 6.20 Å². The van der Waals surface area contributed by atoms with Crippen molar-refractivity contribution in [3.05, 3.63) is 40.6 Å². The molecule has 1 aromatic rings. The highest BCUT2D eigenvalue weighted by molar-refractivity contribution is 6.31. The van der Waals surface area contributed by atoms with E-state index in [9.17, 15) is 4.79 Å². The summed E-state index contributed by atoms with van der Waals surface area (Å²) in [7, 11) is 0. The van der Waals surface area contributed by atoms with Crippen molar-refractivity contribution in [3.8, 4) is 6.07 Å². The normalized spacial score (nSPS) is 10.9. The van der Waals surface area contributed by atoms with Crippen LogP contribution in [0.15, 0.2) is 30.0 Å². The summed E-state index contributed by atoms with van der Waals surface area (Å²) in [5, 5.41) is 15.3. The summed E-state index contributed by atoms with van der Waals surface area (Å²) >= 11 is 6.02. The first-order valence-electron chi connectivity index (χ1n) is 7.08. The summed E-state index contributed by atoms with van der Waals surface area (Å²) in [4.78, 5) is 11.9. The summed E-state index contributed by atoms with van der Waals surface area (Å²) in [6.45, 7) is 5.48. The first-order chi connectivity index (χ1) is 10.6. The number of carbonyl (C=O) groups is 1. The first-order valence-corrected chi connectivity index (χ1v) is 7.45. The molecule has 0 aliphatic heterocycles. The van der Waals surface area contributed by atoms with E-state index in [-0.39, 0.29) is 5.57 Å². The van der Waals surface area contributed by atoms with Crippen molar-refractivity contribution >= 4 is 23.2 Å². The molecule has 0 atom stereocenters. The molecule has 0 fully saturated rings. The fraction of sp³-hybridized carbons (Fsp3) is 0.375. The lowest BCUT2D eigenvalue weighted by Gasteiger charge is -2.08. The molecule has 5 nitrogen and oxygen atoms in total. The van der Waals surface area contributed by atoms with E-state index in [2.05, 4.69) is 10.6 Å². The number of amides is 1. The number of benzene rings is 1. The third kappa shape index (κ3) is 5.76. The van der Waals surface area contributed by atoms with Gasteiger partial charge in [-0.25, -0.2) is 0 Å². The van der Waals surface area contributed by atoms with Gasteiger partial charge in [0.05, 0.1) is 0 Å². The maximum atomic E-state index is 11.9. The summed E-state index contributed by atoms with van der Waals surface area (Å²) in [6.07, 6.45) is 2.09.